The first-order valence-corrected chi connectivity index (χ1v) is 9.48. The van der Waals surface area contributed by atoms with Crippen LogP contribution in [0.3, 0.4) is 0 Å². The van der Waals surface area contributed by atoms with Crippen LogP contribution in [-0.2, 0) is 18.3 Å². The number of rotatable bonds is 5. The summed E-state index contributed by atoms with van der Waals surface area (Å²) in [5.41, 5.74) is 1.65. The van der Waals surface area contributed by atoms with E-state index < -0.39 is 17.2 Å². The second-order valence-corrected chi connectivity index (χ2v) is 7.01. The molecule has 0 spiro atoms. The number of aromatic nitrogens is 4. The Kier molecular flexibility index (Phi) is 5.73. The second kappa shape index (κ2) is 8.10. The molecular weight excluding hydrogens is 388 g/mol. The van der Waals surface area contributed by atoms with E-state index in [1.165, 1.54) is 17.7 Å². The SMILES string of the molecule is CCOC(=O)c1cc(C)nc2c1c(=O)n(Cc1ncc(C)c(OC)c1C)c(=O)n2C. The third kappa shape index (κ3) is 3.47. The summed E-state index contributed by atoms with van der Waals surface area (Å²) >= 11 is 0. The summed E-state index contributed by atoms with van der Waals surface area (Å²) < 4.78 is 12.8. The van der Waals surface area contributed by atoms with Crippen LogP contribution < -0.4 is 16.0 Å². The molecule has 0 bridgehead atoms. The molecule has 3 aromatic heterocycles. The third-order valence-corrected chi connectivity index (χ3v) is 4.98. The molecule has 9 nitrogen and oxygen atoms in total. The molecule has 0 aliphatic rings. The summed E-state index contributed by atoms with van der Waals surface area (Å²) in [6.45, 7) is 7.14. The molecule has 0 aliphatic heterocycles. The van der Waals surface area contributed by atoms with Crippen LogP contribution in [-0.4, -0.2) is 38.8 Å². The van der Waals surface area contributed by atoms with Gasteiger partial charge in [-0.2, -0.15) is 0 Å². The average Bonchev–Trinajstić information content (AvgIpc) is 2.71. The van der Waals surface area contributed by atoms with Crippen molar-refractivity contribution in [2.24, 2.45) is 7.05 Å². The minimum atomic E-state index is -0.637. The lowest BCUT2D eigenvalue weighted by molar-refractivity contribution is 0.0528. The number of pyridine rings is 2. The average molecular weight is 412 g/mol. The summed E-state index contributed by atoms with van der Waals surface area (Å²) in [6.07, 6.45) is 1.63. The van der Waals surface area contributed by atoms with Gasteiger partial charge in [0.2, 0.25) is 0 Å². The molecule has 3 heterocycles. The van der Waals surface area contributed by atoms with Crippen LogP contribution in [0.2, 0.25) is 0 Å². The normalized spacial score (nSPS) is 11.0. The largest absolute Gasteiger partial charge is 0.496 e. The van der Waals surface area contributed by atoms with Gasteiger partial charge in [0, 0.05) is 30.1 Å². The number of fused-ring (bicyclic) bond motifs is 1. The maximum absolute atomic E-state index is 13.3. The fraction of sp³-hybridized carbons (Fsp3) is 0.381. The van der Waals surface area contributed by atoms with Crippen molar-refractivity contribution in [1.82, 2.24) is 19.1 Å². The van der Waals surface area contributed by atoms with E-state index in [9.17, 15) is 14.4 Å². The van der Waals surface area contributed by atoms with E-state index in [0.29, 0.717) is 17.1 Å². The van der Waals surface area contributed by atoms with Crippen molar-refractivity contribution in [2.45, 2.75) is 34.2 Å². The zero-order valence-corrected chi connectivity index (χ0v) is 17.9. The van der Waals surface area contributed by atoms with Gasteiger partial charge in [-0.15, -0.1) is 0 Å². The van der Waals surface area contributed by atoms with E-state index in [-0.39, 0.29) is 29.7 Å². The second-order valence-electron chi connectivity index (χ2n) is 7.01. The number of hydrogen-bond donors (Lipinski definition) is 0. The van der Waals surface area contributed by atoms with Crippen LogP contribution in [0, 0.1) is 20.8 Å². The Bertz CT molecular complexity index is 1270. The van der Waals surface area contributed by atoms with Crippen LogP contribution in [0.25, 0.3) is 11.0 Å². The molecule has 0 amide bonds. The fourth-order valence-corrected chi connectivity index (χ4v) is 3.49. The van der Waals surface area contributed by atoms with Gasteiger partial charge in [0.1, 0.15) is 11.4 Å². The van der Waals surface area contributed by atoms with Gasteiger partial charge < -0.3 is 9.47 Å². The number of hydrogen-bond acceptors (Lipinski definition) is 7. The first-order chi connectivity index (χ1) is 14.2. The molecule has 0 atom stereocenters. The van der Waals surface area contributed by atoms with Crippen molar-refractivity contribution in [2.75, 3.05) is 13.7 Å². The Balaban J connectivity index is 2.31. The molecule has 0 N–H and O–H groups in total. The highest BCUT2D eigenvalue weighted by Gasteiger charge is 2.22. The maximum Gasteiger partial charge on any atom is 0.339 e. The van der Waals surface area contributed by atoms with Crippen LogP contribution in [0.15, 0.2) is 21.9 Å². The number of aryl methyl sites for hydroxylation is 3. The molecule has 0 fully saturated rings. The smallest absolute Gasteiger partial charge is 0.339 e. The van der Waals surface area contributed by atoms with Gasteiger partial charge in [-0.05, 0) is 33.8 Å². The Hall–Kier alpha value is -3.49. The monoisotopic (exact) mass is 412 g/mol. The topological polar surface area (TPSA) is 105 Å². The first kappa shape index (κ1) is 21.2. The quantitative estimate of drug-likeness (QED) is 0.587. The first-order valence-electron chi connectivity index (χ1n) is 9.48. The van der Waals surface area contributed by atoms with Crippen molar-refractivity contribution in [3.8, 4) is 5.75 Å². The molecule has 158 valence electrons. The van der Waals surface area contributed by atoms with E-state index in [4.69, 9.17) is 9.47 Å². The molecule has 3 rings (SSSR count). The summed E-state index contributed by atoms with van der Waals surface area (Å²) in [7, 11) is 3.07. The van der Waals surface area contributed by atoms with Gasteiger partial charge in [0.25, 0.3) is 5.56 Å². The molecule has 30 heavy (non-hydrogen) atoms. The van der Waals surface area contributed by atoms with Crippen LogP contribution in [0.5, 0.6) is 5.75 Å². The van der Waals surface area contributed by atoms with Gasteiger partial charge in [-0.1, -0.05) is 0 Å². The maximum atomic E-state index is 13.3. The zero-order chi connectivity index (χ0) is 22.2. The fourth-order valence-electron chi connectivity index (χ4n) is 3.49. The Morgan fingerprint density at radius 1 is 1.20 bits per heavy atom. The minimum absolute atomic E-state index is 0.0397. The van der Waals surface area contributed by atoms with Gasteiger partial charge in [0.05, 0.1) is 36.9 Å². The lowest BCUT2D eigenvalue weighted by atomic mass is 10.1. The molecule has 0 unspecified atom stereocenters. The number of carbonyl (C=O) groups is 1. The summed E-state index contributed by atoms with van der Waals surface area (Å²) in [5, 5.41) is 0.0397. The lowest BCUT2D eigenvalue weighted by Gasteiger charge is -2.15. The molecule has 9 heteroatoms. The number of carbonyl (C=O) groups excluding carboxylic acids is 1. The molecular formula is C21H24N4O5. The minimum Gasteiger partial charge on any atom is -0.496 e. The molecule has 3 aromatic rings. The van der Waals surface area contributed by atoms with Crippen molar-refractivity contribution in [3.63, 3.8) is 0 Å². The van der Waals surface area contributed by atoms with Gasteiger partial charge in [0.15, 0.2) is 0 Å². The predicted octanol–water partition coefficient (Wildman–Crippen LogP) is 1.65. The van der Waals surface area contributed by atoms with Crippen molar-refractivity contribution in [1.29, 1.82) is 0 Å². The third-order valence-electron chi connectivity index (χ3n) is 4.98. The highest BCUT2D eigenvalue weighted by atomic mass is 16.5. The summed E-state index contributed by atoms with van der Waals surface area (Å²) in [5.74, 6) is 0.0109. The summed E-state index contributed by atoms with van der Waals surface area (Å²) in [6, 6.07) is 1.49. The highest BCUT2D eigenvalue weighted by molar-refractivity contribution is 6.02. The van der Waals surface area contributed by atoms with Crippen molar-refractivity contribution in [3.05, 3.63) is 61.2 Å². The van der Waals surface area contributed by atoms with E-state index >= 15 is 0 Å². The molecule has 0 saturated heterocycles. The Labute approximate surface area is 172 Å². The van der Waals surface area contributed by atoms with E-state index in [2.05, 4.69) is 9.97 Å². The standard InChI is InChI=1S/C21H24N4O5/c1-7-30-20(27)14-8-12(3)23-18-16(14)19(26)25(21(28)24(18)5)10-15-13(4)17(29-6)11(2)9-22-15/h8-9H,7,10H2,1-6H3. The van der Waals surface area contributed by atoms with E-state index in [1.54, 1.807) is 27.2 Å². The van der Waals surface area contributed by atoms with Gasteiger partial charge in [-0.3, -0.25) is 18.9 Å². The van der Waals surface area contributed by atoms with Gasteiger partial charge in [-0.25, -0.2) is 14.6 Å². The number of methoxy groups -OCH3 is 1. The number of nitrogens with zero attached hydrogens (tertiary/aromatic N) is 4. The van der Waals surface area contributed by atoms with Crippen LogP contribution in [0.1, 0.15) is 39.8 Å². The molecule has 0 saturated carbocycles. The van der Waals surface area contributed by atoms with E-state index in [0.717, 1.165) is 15.7 Å². The van der Waals surface area contributed by atoms with E-state index in [1.807, 2.05) is 13.8 Å². The van der Waals surface area contributed by atoms with Gasteiger partial charge >= 0.3 is 11.7 Å². The molecule has 0 aliphatic carbocycles. The summed E-state index contributed by atoms with van der Waals surface area (Å²) in [4.78, 5) is 47.5. The Morgan fingerprint density at radius 3 is 2.53 bits per heavy atom. The predicted molar refractivity (Wildman–Crippen MR) is 111 cm³/mol. The lowest BCUT2D eigenvalue weighted by Crippen LogP contribution is -2.40. The number of esters is 1. The van der Waals surface area contributed by atoms with Crippen molar-refractivity contribution >= 4 is 17.0 Å². The van der Waals surface area contributed by atoms with Crippen LogP contribution in [0.4, 0.5) is 0 Å². The zero-order valence-electron chi connectivity index (χ0n) is 17.9. The molecule has 0 aromatic carbocycles. The van der Waals surface area contributed by atoms with Crippen LogP contribution >= 0.6 is 0 Å². The Morgan fingerprint density at radius 2 is 1.90 bits per heavy atom. The molecule has 0 radical (unpaired) electrons. The van der Waals surface area contributed by atoms with Crippen molar-refractivity contribution < 1.29 is 14.3 Å². The highest BCUT2D eigenvalue weighted by Crippen LogP contribution is 2.24. The number of ether oxygens (including phenoxy) is 2.